The molecule has 0 fully saturated rings. The molecule has 0 aliphatic heterocycles. The average molecular weight is 442 g/mol. The van der Waals surface area contributed by atoms with Gasteiger partial charge >= 0.3 is 5.97 Å². The summed E-state index contributed by atoms with van der Waals surface area (Å²) in [7, 11) is 2.84. The lowest BCUT2D eigenvalue weighted by molar-refractivity contribution is -0.384. The number of rotatable bonds is 11. The van der Waals surface area contributed by atoms with Gasteiger partial charge in [-0.1, -0.05) is 12.1 Å². The summed E-state index contributed by atoms with van der Waals surface area (Å²) in [6.07, 6.45) is -0.452. The van der Waals surface area contributed by atoms with Crippen LogP contribution >= 0.6 is 0 Å². The molecule has 2 rings (SSSR count). The minimum absolute atomic E-state index is 0.108. The number of carbonyl (C=O) groups excluding carboxylic acids is 2. The molecule has 168 valence electrons. The van der Waals surface area contributed by atoms with Gasteiger partial charge in [0, 0.05) is 31.2 Å². The van der Waals surface area contributed by atoms with E-state index in [4.69, 9.17) is 18.9 Å². The number of hydrogen-bond donors (Lipinski definition) is 0. The number of carbonyl (C=O) groups is 2. The Bertz CT molecular complexity index is 1030. The first kappa shape index (κ1) is 24.3. The molecule has 0 aliphatic carbocycles. The highest BCUT2D eigenvalue weighted by Crippen LogP contribution is 2.41. The number of ketones is 1. The molecule has 2 aromatic rings. The van der Waals surface area contributed by atoms with Crippen molar-refractivity contribution in [1.82, 2.24) is 0 Å². The van der Waals surface area contributed by atoms with Crippen LogP contribution in [0.3, 0.4) is 0 Å². The summed E-state index contributed by atoms with van der Waals surface area (Å²) in [4.78, 5) is 35.2. The van der Waals surface area contributed by atoms with Gasteiger partial charge in [0.05, 0.1) is 18.1 Å². The summed E-state index contributed by atoms with van der Waals surface area (Å²) < 4.78 is 21.0. The van der Waals surface area contributed by atoms with E-state index in [1.165, 1.54) is 45.4 Å². The van der Waals surface area contributed by atoms with Crippen LogP contribution in [0.5, 0.6) is 17.2 Å². The van der Waals surface area contributed by atoms with Gasteiger partial charge in [-0.25, -0.2) is 0 Å². The van der Waals surface area contributed by atoms with Crippen LogP contribution in [0.15, 0.2) is 42.5 Å². The molecule has 0 spiro atoms. The number of Topliss-reactive ketones (excluding diaryl/α,β-unsaturated/α-hetero) is 1. The maximum Gasteiger partial charge on any atom is 0.311 e. The Morgan fingerprint density at radius 2 is 1.84 bits per heavy atom. The topological polar surface area (TPSA) is 138 Å². The highest BCUT2D eigenvalue weighted by atomic mass is 16.7. The highest BCUT2D eigenvalue weighted by molar-refractivity contribution is 5.93. The second-order valence-electron chi connectivity index (χ2n) is 6.69. The van der Waals surface area contributed by atoms with E-state index in [0.717, 1.165) is 0 Å². The predicted octanol–water partition coefficient (Wildman–Crippen LogP) is 3.32. The summed E-state index contributed by atoms with van der Waals surface area (Å²) in [5.74, 6) is -0.622. The normalized spacial score (nSPS) is 12.2. The largest absolute Gasteiger partial charge is 0.493 e. The van der Waals surface area contributed by atoms with E-state index in [2.05, 4.69) is 0 Å². The number of nitrogens with zero attached hydrogens (tertiary/aromatic N) is 2. The van der Waals surface area contributed by atoms with Gasteiger partial charge in [0.2, 0.25) is 0 Å². The number of para-hydroxylation sites is 1. The fourth-order valence-corrected chi connectivity index (χ4v) is 3.08. The zero-order valence-corrected chi connectivity index (χ0v) is 17.8. The first-order valence-electron chi connectivity index (χ1n) is 9.45. The first-order chi connectivity index (χ1) is 15.3. The van der Waals surface area contributed by atoms with Gasteiger partial charge in [-0.15, -0.1) is 0 Å². The Hall–Kier alpha value is -3.97. The van der Waals surface area contributed by atoms with Crippen LogP contribution in [0, 0.1) is 21.4 Å². The van der Waals surface area contributed by atoms with Crippen LogP contribution in [-0.4, -0.2) is 37.7 Å². The minimum atomic E-state index is -1.70. The van der Waals surface area contributed by atoms with E-state index in [1.54, 1.807) is 18.2 Å². The number of nitro groups is 1. The molecule has 0 saturated heterocycles. The lowest BCUT2D eigenvalue weighted by atomic mass is 9.74. The molecule has 0 amide bonds. The lowest BCUT2D eigenvalue weighted by Gasteiger charge is -2.27. The van der Waals surface area contributed by atoms with E-state index in [0.29, 0.717) is 5.75 Å². The highest BCUT2D eigenvalue weighted by Gasteiger charge is 2.41. The Balaban J connectivity index is 2.29. The number of non-ortho nitro benzene ring substituents is 1. The van der Waals surface area contributed by atoms with Crippen LogP contribution in [0.1, 0.15) is 25.3 Å². The molecular weight excluding hydrogens is 420 g/mol. The summed E-state index contributed by atoms with van der Waals surface area (Å²) in [6, 6.07) is 11.8. The SMILES string of the molecule is COCOc1c(OC)cccc1C(C#N)(CCC(=O)Oc1ccc([N+](=O)[O-])cc1)C(C)=O. The van der Waals surface area contributed by atoms with Gasteiger partial charge in [-0.05, 0) is 31.5 Å². The summed E-state index contributed by atoms with van der Waals surface area (Å²) in [5, 5.41) is 20.7. The van der Waals surface area contributed by atoms with Crippen molar-refractivity contribution in [1.29, 1.82) is 5.26 Å². The molecule has 0 bridgehead atoms. The third-order valence-corrected chi connectivity index (χ3v) is 4.75. The van der Waals surface area contributed by atoms with Gasteiger partial charge < -0.3 is 18.9 Å². The molecule has 0 aromatic heterocycles. The van der Waals surface area contributed by atoms with Crippen LogP contribution in [-0.2, 0) is 19.7 Å². The lowest BCUT2D eigenvalue weighted by Crippen LogP contribution is -2.34. The van der Waals surface area contributed by atoms with Gasteiger partial charge in [-0.2, -0.15) is 5.26 Å². The number of nitro benzene ring substituents is 1. The van der Waals surface area contributed by atoms with Crippen molar-refractivity contribution in [3.63, 3.8) is 0 Å². The molecular formula is C22H22N2O8. The molecule has 1 unspecified atom stereocenters. The quantitative estimate of drug-likeness (QED) is 0.169. The number of methoxy groups -OCH3 is 2. The van der Waals surface area contributed by atoms with Crippen LogP contribution in [0.4, 0.5) is 5.69 Å². The van der Waals surface area contributed by atoms with Gasteiger partial charge in [-0.3, -0.25) is 19.7 Å². The number of nitriles is 1. The molecule has 0 radical (unpaired) electrons. The Morgan fingerprint density at radius 3 is 2.38 bits per heavy atom. The van der Waals surface area contributed by atoms with Crippen molar-refractivity contribution in [3.05, 3.63) is 58.1 Å². The molecule has 10 nitrogen and oxygen atoms in total. The van der Waals surface area contributed by atoms with Crippen LogP contribution in [0.25, 0.3) is 0 Å². The van der Waals surface area contributed by atoms with E-state index in [9.17, 15) is 25.0 Å². The maximum absolute atomic E-state index is 12.6. The van der Waals surface area contributed by atoms with E-state index >= 15 is 0 Å². The van der Waals surface area contributed by atoms with Gasteiger partial charge in [0.25, 0.3) is 5.69 Å². The second kappa shape index (κ2) is 10.9. The van der Waals surface area contributed by atoms with Crippen LogP contribution < -0.4 is 14.2 Å². The Kier molecular flexibility index (Phi) is 8.26. The standard InChI is InChI=1S/C22H22N2O8/c1-15(25)22(13-23,18-5-4-6-19(30-3)21(18)31-14-29-2)12-11-20(26)32-17-9-7-16(8-10-17)24(27)28/h4-10H,11-12,14H2,1-3H3. The molecule has 0 N–H and O–H groups in total. The summed E-state index contributed by atoms with van der Waals surface area (Å²) >= 11 is 0. The van der Waals surface area contributed by atoms with Crippen LogP contribution in [0.2, 0.25) is 0 Å². The van der Waals surface area contributed by atoms with Crippen molar-refractivity contribution >= 4 is 17.4 Å². The minimum Gasteiger partial charge on any atom is -0.493 e. The summed E-state index contributed by atoms with van der Waals surface area (Å²) in [5.41, 5.74) is -1.61. The van der Waals surface area contributed by atoms with Crippen molar-refractivity contribution < 1.29 is 33.5 Å². The third kappa shape index (κ3) is 5.39. The molecule has 2 aromatic carbocycles. The monoisotopic (exact) mass is 442 g/mol. The molecule has 0 saturated carbocycles. The molecule has 10 heteroatoms. The Labute approximate surface area is 184 Å². The fraction of sp³-hybridized carbons (Fsp3) is 0.318. The smallest absolute Gasteiger partial charge is 0.311 e. The Morgan fingerprint density at radius 1 is 1.16 bits per heavy atom. The number of ether oxygens (including phenoxy) is 4. The fourth-order valence-electron chi connectivity index (χ4n) is 3.08. The molecule has 0 aliphatic rings. The van der Waals surface area contributed by atoms with Gasteiger partial charge in [0.1, 0.15) is 11.2 Å². The van der Waals surface area contributed by atoms with E-state index in [-0.39, 0.29) is 42.4 Å². The third-order valence-electron chi connectivity index (χ3n) is 4.75. The first-order valence-corrected chi connectivity index (χ1v) is 9.45. The zero-order chi connectivity index (χ0) is 23.7. The number of hydrogen-bond acceptors (Lipinski definition) is 9. The zero-order valence-electron chi connectivity index (χ0n) is 17.8. The molecule has 0 heterocycles. The predicted molar refractivity (Wildman–Crippen MR) is 111 cm³/mol. The van der Waals surface area contributed by atoms with E-state index < -0.39 is 22.1 Å². The van der Waals surface area contributed by atoms with Crippen molar-refractivity contribution in [2.45, 2.75) is 25.2 Å². The van der Waals surface area contributed by atoms with Crippen molar-refractivity contribution in [3.8, 4) is 23.3 Å². The maximum atomic E-state index is 12.6. The second-order valence-corrected chi connectivity index (χ2v) is 6.69. The summed E-state index contributed by atoms with van der Waals surface area (Å²) in [6.45, 7) is 1.11. The number of esters is 1. The molecule has 1 atom stereocenters. The van der Waals surface area contributed by atoms with Crippen molar-refractivity contribution in [2.24, 2.45) is 0 Å². The molecule has 32 heavy (non-hydrogen) atoms. The number of benzene rings is 2. The average Bonchev–Trinajstić information content (AvgIpc) is 2.78. The van der Waals surface area contributed by atoms with Crippen molar-refractivity contribution in [2.75, 3.05) is 21.0 Å². The van der Waals surface area contributed by atoms with E-state index in [1.807, 2.05) is 6.07 Å². The van der Waals surface area contributed by atoms with Gasteiger partial charge in [0.15, 0.2) is 24.1 Å².